The molecule has 4 aromatic rings. The molecule has 2 N–H and O–H groups in total. The first-order valence-corrected chi connectivity index (χ1v) is 13.9. The van der Waals surface area contributed by atoms with Crippen molar-refractivity contribution < 1.29 is 19.0 Å². The predicted molar refractivity (Wildman–Crippen MR) is 156 cm³/mol. The molecule has 0 radical (unpaired) electrons. The highest BCUT2D eigenvalue weighted by Gasteiger charge is 2.19. The smallest absolute Gasteiger partial charge is 0.299 e. The molecule has 1 aromatic heterocycles. The molecule has 2 aliphatic rings. The van der Waals surface area contributed by atoms with Crippen molar-refractivity contribution in [1.29, 1.82) is 0 Å². The Morgan fingerprint density at radius 2 is 1.78 bits per heavy atom. The number of benzene rings is 3. The highest BCUT2D eigenvalue weighted by atomic mass is 16.5. The van der Waals surface area contributed by atoms with Gasteiger partial charge in [0.1, 0.15) is 11.5 Å². The van der Waals surface area contributed by atoms with Crippen molar-refractivity contribution in [1.82, 2.24) is 15.1 Å². The van der Waals surface area contributed by atoms with Gasteiger partial charge in [-0.25, -0.2) is 0 Å². The maximum Gasteiger partial charge on any atom is 0.299 e. The maximum absolute atomic E-state index is 13.8. The zero-order chi connectivity index (χ0) is 28.2. The Morgan fingerprint density at radius 3 is 2.54 bits per heavy atom. The summed E-state index contributed by atoms with van der Waals surface area (Å²) in [6.45, 7) is 1.23. The van der Waals surface area contributed by atoms with Crippen LogP contribution in [0.4, 0.5) is 11.4 Å². The molecular formula is C32H32N4O5. The first-order chi connectivity index (χ1) is 20.1. The summed E-state index contributed by atoms with van der Waals surface area (Å²) in [5.74, 6) is 1.46. The SMILES string of the molecule is COc1ccc(-n2ncc(Oc3ccc4c(c3)CCC4)c(Nc3ccc(C(=O)NCC4CCCO4)cc3)c2=O)cc1. The van der Waals surface area contributed by atoms with E-state index in [1.165, 1.54) is 22.0 Å². The van der Waals surface area contributed by atoms with Crippen molar-refractivity contribution in [2.75, 3.05) is 25.6 Å². The molecule has 9 nitrogen and oxygen atoms in total. The van der Waals surface area contributed by atoms with Crippen molar-refractivity contribution in [3.63, 3.8) is 0 Å². The number of rotatable bonds is 9. The van der Waals surface area contributed by atoms with Crippen LogP contribution < -0.4 is 25.7 Å². The van der Waals surface area contributed by atoms with Crippen LogP contribution in [0.15, 0.2) is 77.7 Å². The van der Waals surface area contributed by atoms with Gasteiger partial charge in [0.2, 0.25) is 0 Å². The summed E-state index contributed by atoms with van der Waals surface area (Å²) in [7, 11) is 1.59. The summed E-state index contributed by atoms with van der Waals surface area (Å²) < 4.78 is 18.4. The molecule has 1 saturated heterocycles. The largest absolute Gasteiger partial charge is 0.497 e. The number of carbonyl (C=O) groups is 1. The Kier molecular flexibility index (Phi) is 7.69. The van der Waals surface area contributed by atoms with Gasteiger partial charge in [-0.05, 0) is 104 Å². The van der Waals surface area contributed by atoms with Crippen LogP contribution in [0.2, 0.25) is 0 Å². The highest BCUT2D eigenvalue weighted by molar-refractivity contribution is 5.94. The third-order valence-electron chi connectivity index (χ3n) is 7.49. The third-order valence-corrected chi connectivity index (χ3v) is 7.49. The van der Waals surface area contributed by atoms with E-state index in [0.29, 0.717) is 40.7 Å². The van der Waals surface area contributed by atoms with Crippen molar-refractivity contribution in [3.05, 3.63) is 100.0 Å². The summed E-state index contributed by atoms with van der Waals surface area (Å²) in [6, 6.07) is 20.1. The Morgan fingerprint density at radius 1 is 1.00 bits per heavy atom. The van der Waals surface area contributed by atoms with Gasteiger partial charge in [-0.1, -0.05) is 6.07 Å². The van der Waals surface area contributed by atoms with Crippen molar-refractivity contribution in [2.24, 2.45) is 0 Å². The van der Waals surface area contributed by atoms with Gasteiger partial charge in [-0.2, -0.15) is 9.78 Å². The third kappa shape index (κ3) is 5.95. The van der Waals surface area contributed by atoms with Crippen molar-refractivity contribution in [3.8, 4) is 22.9 Å². The van der Waals surface area contributed by atoms with E-state index in [1.54, 1.807) is 55.6 Å². The van der Waals surface area contributed by atoms with Crippen LogP contribution in [0.5, 0.6) is 17.2 Å². The molecule has 6 rings (SSSR count). The molecule has 0 saturated carbocycles. The molecule has 1 unspecified atom stereocenters. The number of aryl methyl sites for hydroxylation is 2. The number of hydrogen-bond acceptors (Lipinski definition) is 7. The molecule has 2 heterocycles. The van der Waals surface area contributed by atoms with Gasteiger partial charge in [-0.3, -0.25) is 9.59 Å². The van der Waals surface area contributed by atoms with Gasteiger partial charge >= 0.3 is 0 Å². The fourth-order valence-electron chi connectivity index (χ4n) is 5.24. The molecule has 1 aliphatic heterocycles. The van der Waals surface area contributed by atoms with Gasteiger partial charge in [0, 0.05) is 24.4 Å². The zero-order valence-electron chi connectivity index (χ0n) is 22.9. The lowest BCUT2D eigenvalue weighted by Crippen LogP contribution is -2.31. The van der Waals surface area contributed by atoms with Gasteiger partial charge in [0.15, 0.2) is 11.4 Å². The minimum Gasteiger partial charge on any atom is -0.497 e. The fraction of sp³-hybridized carbons (Fsp3) is 0.281. The minimum absolute atomic E-state index is 0.0727. The monoisotopic (exact) mass is 552 g/mol. The van der Waals surface area contributed by atoms with Crippen molar-refractivity contribution in [2.45, 2.75) is 38.2 Å². The number of ether oxygens (including phenoxy) is 3. The van der Waals surface area contributed by atoms with E-state index in [9.17, 15) is 9.59 Å². The van der Waals surface area contributed by atoms with E-state index >= 15 is 0 Å². The standard InChI is InChI=1S/C32H32N4O5/c1-39-26-15-12-25(13-16-26)36-32(38)30(29(20-34-36)41-27-14-9-21-4-2-5-23(21)18-27)35-24-10-7-22(8-11-24)31(37)33-19-28-6-3-17-40-28/h7-16,18,20,28,35H,2-6,17,19H2,1H3,(H,33,37). The number of fused-ring (bicyclic) bond motifs is 1. The summed E-state index contributed by atoms with van der Waals surface area (Å²) in [5.41, 5.74) is 4.19. The second-order valence-corrected chi connectivity index (χ2v) is 10.2. The average Bonchev–Trinajstić information content (AvgIpc) is 3.70. The van der Waals surface area contributed by atoms with Crippen LogP contribution in [-0.4, -0.2) is 42.1 Å². The van der Waals surface area contributed by atoms with Crippen LogP contribution in [0.25, 0.3) is 5.69 Å². The van der Waals surface area contributed by atoms with Gasteiger partial charge in [0.25, 0.3) is 11.5 Å². The second-order valence-electron chi connectivity index (χ2n) is 10.2. The molecule has 1 atom stereocenters. The average molecular weight is 553 g/mol. The normalized spacial score (nSPS) is 15.8. The zero-order valence-corrected chi connectivity index (χ0v) is 22.9. The molecule has 210 valence electrons. The quantitative estimate of drug-likeness (QED) is 0.295. The number of nitrogens with one attached hydrogen (secondary N) is 2. The minimum atomic E-state index is -0.382. The number of methoxy groups -OCH3 is 1. The lowest BCUT2D eigenvalue weighted by atomic mass is 10.1. The van der Waals surface area contributed by atoms with E-state index in [4.69, 9.17) is 14.2 Å². The first-order valence-electron chi connectivity index (χ1n) is 13.9. The van der Waals surface area contributed by atoms with E-state index in [1.807, 2.05) is 12.1 Å². The molecule has 1 aliphatic carbocycles. The summed E-state index contributed by atoms with van der Waals surface area (Å²) in [4.78, 5) is 26.4. The highest BCUT2D eigenvalue weighted by Crippen LogP contribution is 2.32. The van der Waals surface area contributed by atoms with E-state index in [0.717, 1.165) is 38.7 Å². The molecule has 9 heteroatoms. The van der Waals surface area contributed by atoms with Crippen LogP contribution in [0.1, 0.15) is 40.7 Å². The number of hydrogen-bond donors (Lipinski definition) is 2. The number of aromatic nitrogens is 2. The molecule has 41 heavy (non-hydrogen) atoms. The van der Waals surface area contributed by atoms with Gasteiger partial charge in [-0.15, -0.1) is 0 Å². The number of nitrogens with zero attached hydrogens (tertiary/aromatic N) is 2. The Labute approximate surface area is 238 Å². The lowest BCUT2D eigenvalue weighted by Gasteiger charge is -2.15. The van der Waals surface area contributed by atoms with Gasteiger partial charge < -0.3 is 24.8 Å². The van der Waals surface area contributed by atoms with Crippen LogP contribution in [-0.2, 0) is 17.6 Å². The predicted octanol–water partition coefficient (Wildman–Crippen LogP) is 5.17. The van der Waals surface area contributed by atoms with Crippen LogP contribution >= 0.6 is 0 Å². The molecule has 1 amide bonds. The number of anilines is 2. The van der Waals surface area contributed by atoms with Crippen molar-refractivity contribution >= 4 is 17.3 Å². The van der Waals surface area contributed by atoms with E-state index in [2.05, 4.69) is 21.8 Å². The summed E-state index contributed by atoms with van der Waals surface area (Å²) in [5, 5.41) is 10.5. The Hall–Kier alpha value is -4.63. The lowest BCUT2D eigenvalue weighted by molar-refractivity contribution is 0.0858. The molecule has 0 spiro atoms. The van der Waals surface area contributed by atoms with Crippen LogP contribution in [0, 0.1) is 0 Å². The number of amides is 1. The topological polar surface area (TPSA) is 104 Å². The maximum atomic E-state index is 13.8. The van der Waals surface area contributed by atoms with Gasteiger partial charge in [0.05, 0.1) is 25.1 Å². The Balaban J connectivity index is 1.27. The molecule has 0 bridgehead atoms. The van der Waals surface area contributed by atoms with E-state index < -0.39 is 0 Å². The molecule has 3 aromatic carbocycles. The van der Waals surface area contributed by atoms with E-state index in [-0.39, 0.29) is 23.3 Å². The summed E-state index contributed by atoms with van der Waals surface area (Å²) >= 11 is 0. The second kappa shape index (κ2) is 11.9. The number of carbonyl (C=O) groups excluding carboxylic acids is 1. The summed E-state index contributed by atoms with van der Waals surface area (Å²) in [6.07, 6.45) is 6.81. The first kappa shape index (κ1) is 26.6. The van der Waals surface area contributed by atoms with Crippen LogP contribution in [0.3, 0.4) is 0 Å². The fourth-order valence-corrected chi connectivity index (χ4v) is 5.24. The molecule has 1 fully saturated rings. The Bertz CT molecular complexity index is 1590. The molecular weight excluding hydrogens is 520 g/mol.